The van der Waals surface area contributed by atoms with Crippen LogP contribution in [0.5, 0.6) is 0 Å². The van der Waals surface area contributed by atoms with Crippen LogP contribution in [0.25, 0.3) is 11.2 Å². The van der Waals surface area contributed by atoms with Crippen molar-refractivity contribution in [2.45, 2.75) is 18.9 Å². The molecule has 4 heterocycles. The molecule has 1 atom stereocenters. The third-order valence-corrected chi connectivity index (χ3v) is 4.75. The van der Waals surface area contributed by atoms with Gasteiger partial charge >= 0.3 is 0 Å². The molecule has 0 aliphatic carbocycles. The van der Waals surface area contributed by atoms with Gasteiger partial charge in [0.05, 0.1) is 0 Å². The normalized spacial score (nSPS) is 17.3. The highest BCUT2D eigenvalue weighted by Gasteiger charge is 2.28. The molecule has 1 aliphatic rings. The Labute approximate surface area is 140 Å². The summed E-state index contributed by atoms with van der Waals surface area (Å²) < 4.78 is 1.89. The Morgan fingerprint density at radius 3 is 2.62 bits per heavy atom. The third-order valence-electron chi connectivity index (χ3n) is 4.75. The molecule has 0 spiro atoms. The van der Waals surface area contributed by atoms with Crippen molar-refractivity contribution in [2.75, 3.05) is 18.0 Å². The molecule has 0 saturated carbocycles. The van der Waals surface area contributed by atoms with E-state index in [0.717, 1.165) is 43.1 Å². The van der Waals surface area contributed by atoms with E-state index >= 15 is 0 Å². The molecule has 1 fully saturated rings. The summed E-state index contributed by atoms with van der Waals surface area (Å²) in [5.74, 6) is 1.89. The number of aromatic nitrogens is 5. The number of rotatable bonds is 3. The van der Waals surface area contributed by atoms with Gasteiger partial charge in [0, 0.05) is 44.9 Å². The number of fused-ring (bicyclic) bond motifs is 1. The average Bonchev–Trinajstić information content (AvgIpc) is 3.07. The Morgan fingerprint density at radius 1 is 1.08 bits per heavy atom. The zero-order valence-electron chi connectivity index (χ0n) is 13.6. The second-order valence-electron chi connectivity index (χ2n) is 6.23. The highest BCUT2D eigenvalue weighted by atomic mass is 16.3. The van der Waals surface area contributed by atoms with Gasteiger partial charge in [-0.1, -0.05) is 0 Å². The Balaban J connectivity index is 1.46. The van der Waals surface area contributed by atoms with Gasteiger partial charge in [-0.15, -0.1) is 0 Å². The third kappa shape index (κ3) is 2.71. The molecule has 3 aromatic heterocycles. The molecule has 7 heteroatoms. The van der Waals surface area contributed by atoms with Crippen LogP contribution < -0.4 is 4.90 Å². The molecule has 0 bridgehead atoms. The summed E-state index contributed by atoms with van der Waals surface area (Å²) >= 11 is 0. The van der Waals surface area contributed by atoms with Crippen LogP contribution in [0.15, 0.2) is 36.9 Å². The smallest absolute Gasteiger partial charge is 0.180 e. The molecular weight excluding hydrogens is 304 g/mol. The van der Waals surface area contributed by atoms with E-state index in [-0.39, 0.29) is 5.92 Å². The number of imidazole rings is 1. The SMILES string of the molecule is Cn1ccnc1C(O)C1CCN(c2ccc3nccnc3n2)CC1. The minimum atomic E-state index is -0.512. The number of aliphatic hydroxyl groups excluding tert-OH is 1. The first kappa shape index (κ1) is 15.0. The number of aryl methyl sites for hydroxylation is 1. The van der Waals surface area contributed by atoms with Crippen LogP contribution in [0, 0.1) is 5.92 Å². The van der Waals surface area contributed by atoms with Crippen molar-refractivity contribution >= 4 is 17.0 Å². The number of anilines is 1. The fraction of sp³-hybridized carbons (Fsp3) is 0.412. The fourth-order valence-corrected chi connectivity index (χ4v) is 3.34. The minimum Gasteiger partial charge on any atom is -0.385 e. The molecule has 0 radical (unpaired) electrons. The summed E-state index contributed by atoms with van der Waals surface area (Å²) in [5.41, 5.74) is 1.48. The van der Waals surface area contributed by atoms with Crippen LogP contribution in [0.3, 0.4) is 0 Å². The second kappa shape index (κ2) is 6.16. The summed E-state index contributed by atoms with van der Waals surface area (Å²) in [6.07, 6.45) is 8.25. The monoisotopic (exact) mass is 324 g/mol. The van der Waals surface area contributed by atoms with E-state index in [1.54, 1.807) is 18.6 Å². The molecule has 3 aromatic rings. The van der Waals surface area contributed by atoms with Gasteiger partial charge in [-0.2, -0.15) is 0 Å². The van der Waals surface area contributed by atoms with E-state index in [9.17, 15) is 5.11 Å². The summed E-state index contributed by atoms with van der Waals surface area (Å²) in [6, 6.07) is 3.95. The molecular formula is C17H20N6O. The molecule has 24 heavy (non-hydrogen) atoms. The Kier molecular flexibility index (Phi) is 3.86. The van der Waals surface area contributed by atoms with E-state index in [1.807, 2.05) is 29.9 Å². The van der Waals surface area contributed by atoms with E-state index in [2.05, 4.69) is 24.8 Å². The van der Waals surface area contributed by atoms with Gasteiger partial charge in [0.25, 0.3) is 0 Å². The van der Waals surface area contributed by atoms with Crippen LogP contribution >= 0.6 is 0 Å². The van der Waals surface area contributed by atoms with Crippen molar-refractivity contribution in [3.63, 3.8) is 0 Å². The molecule has 0 aromatic carbocycles. The zero-order valence-corrected chi connectivity index (χ0v) is 13.6. The number of aliphatic hydroxyl groups is 1. The van der Waals surface area contributed by atoms with Crippen molar-refractivity contribution in [2.24, 2.45) is 13.0 Å². The first-order valence-corrected chi connectivity index (χ1v) is 8.20. The maximum Gasteiger partial charge on any atom is 0.180 e. The summed E-state index contributed by atoms with van der Waals surface area (Å²) in [7, 11) is 1.92. The Bertz CT molecular complexity index is 840. The maximum atomic E-state index is 10.6. The van der Waals surface area contributed by atoms with Crippen LogP contribution in [-0.2, 0) is 7.05 Å². The Hall–Kier alpha value is -2.54. The van der Waals surface area contributed by atoms with E-state index < -0.39 is 6.10 Å². The predicted octanol–water partition coefficient (Wildman–Crippen LogP) is 1.71. The molecule has 1 unspecified atom stereocenters. The first-order chi connectivity index (χ1) is 11.7. The van der Waals surface area contributed by atoms with Crippen molar-refractivity contribution in [3.8, 4) is 0 Å². The van der Waals surface area contributed by atoms with Crippen molar-refractivity contribution < 1.29 is 5.11 Å². The highest BCUT2D eigenvalue weighted by Crippen LogP contribution is 2.31. The van der Waals surface area contributed by atoms with Crippen LogP contribution in [-0.4, -0.2) is 42.7 Å². The predicted molar refractivity (Wildman–Crippen MR) is 90.4 cm³/mol. The summed E-state index contributed by atoms with van der Waals surface area (Å²) in [5, 5.41) is 10.6. The molecule has 1 saturated heterocycles. The van der Waals surface area contributed by atoms with Gasteiger partial charge in [0.2, 0.25) is 0 Å². The van der Waals surface area contributed by atoms with Crippen LogP contribution in [0.1, 0.15) is 24.8 Å². The number of hydrogen-bond donors (Lipinski definition) is 1. The molecule has 7 nitrogen and oxygen atoms in total. The van der Waals surface area contributed by atoms with Crippen molar-refractivity contribution in [3.05, 3.63) is 42.7 Å². The van der Waals surface area contributed by atoms with E-state index in [1.165, 1.54) is 0 Å². The lowest BCUT2D eigenvalue weighted by Gasteiger charge is -2.34. The lowest BCUT2D eigenvalue weighted by Crippen LogP contribution is -2.36. The minimum absolute atomic E-state index is 0.225. The second-order valence-corrected chi connectivity index (χ2v) is 6.23. The zero-order chi connectivity index (χ0) is 16.5. The largest absolute Gasteiger partial charge is 0.385 e. The van der Waals surface area contributed by atoms with Gasteiger partial charge in [-0.25, -0.2) is 15.0 Å². The van der Waals surface area contributed by atoms with Gasteiger partial charge in [0.15, 0.2) is 5.65 Å². The maximum absolute atomic E-state index is 10.6. The standard InChI is InChI=1S/C17H20N6O/c1-22-11-8-20-17(22)15(24)12-4-9-23(10-5-12)14-3-2-13-16(21-14)19-7-6-18-13/h2-3,6-8,11-12,15,24H,4-5,9-10H2,1H3. The lowest BCUT2D eigenvalue weighted by atomic mass is 9.90. The quantitative estimate of drug-likeness (QED) is 0.790. The van der Waals surface area contributed by atoms with Crippen molar-refractivity contribution in [1.29, 1.82) is 0 Å². The van der Waals surface area contributed by atoms with Gasteiger partial charge in [0.1, 0.15) is 23.3 Å². The van der Waals surface area contributed by atoms with Gasteiger partial charge in [-0.3, -0.25) is 4.98 Å². The fourth-order valence-electron chi connectivity index (χ4n) is 3.34. The number of piperidine rings is 1. The number of nitrogens with zero attached hydrogens (tertiary/aromatic N) is 6. The molecule has 1 aliphatic heterocycles. The van der Waals surface area contributed by atoms with Crippen LogP contribution in [0.4, 0.5) is 5.82 Å². The van der Waals surface area contributed by atoms with Gasteiger partial charge in [-0.05, 0) is 30.9 Å². The van der Waals surface area contributed by atoms with Crippen molar-refractivity contribution in [1.82, 2.24) is 24.5 Å². The molecule has 124 valence electrons. The van der Waals surface area contributed by atoms with E-state index in [4.69, 9.17) is 0 Å². The highest BCUT2D eigenvalue weighted by molar-refractivity contribution is 5.71. The lowest BCUT2D eigenvalue weighted by molar-refractivity contribution is 0.0824. The molecule has 0 amide bonds. The summed E-state index contributed by atoms with van der Waals surface area (Å²) in [4.78, 5) is 19.7. The van der Waals surface area contributed by atoms with Crippen LogP contribution in [0.2, 0.25) is 0 Å². The van der Waals surface area contributed by atoms with Gasteiger partial charge < -0.3 is 14.6 Å². The average molecular weight is 324 g/mol. The van der Waals surface area contributed by atoms with E-state index in [0.29, 0.717) is 5.65 Å². The molecule has 4 rings (SSSR count). The first-order valence-electron chi connectivity index (χ1n) is 8.20. The molecule has 1 N–H and O–H groups in total. The summed E-state index contributed by atoms with van der Waals surface area (Å²) in [6.45, 7) is 1.73. The number of hydrogen-bond acceptors (Lipinski definition) is 6. The topological polar surface area (TPSA) is 80.0 Å². The number of pyridine rings is 1. The Morgan fingerprint density at radius 2 is 1.88 bits per heavy atom.